The van der Waals surface area contributed by atoms with Crippen molar-refractivity contribution in [2.75, 3.05) is 13.7 Å². The van der Waals surface area contributed by atoms with Gasteiger partial charge in [0.15, 0.2) is 0 Å². The average Bonchev–Trinajstić information content (AvgIpc) is 2.93. The summed E-state index contributed by atoms with van der Waals surface area (Å²) in [7, 11) is 1.60. The fourth-order valence-corrected chi connectivity index (χ4v) is 3.80. The molecule has 0 bridgehead atoms. The molecule has 202 valence electrons. The zero-order valence-corrected chi connectivity index (χ0v) is 22.1. The lowest BCUT2D eigenvalue weighted by atomic mass is 10.0. The number of unbranched alkanes of at least 4 members (excludes halogenated alkanes) is 6. The van der Waals surface area contributed by atoms with Crippen LogP contribution in [0.5, 0.6) is 5.75 Å². The predicted molar refractivity (Wildman–Crippen MR) is 144 cm³/mol. The van der Waals surface area contributed by atoms with Crippen LogP contribution in [0, 0.1) is 0 Å². The molecule has 0 spiro atoms. The first-order valence-electron chi connectivity index (χ1n) is 13.2. The topological polar surface area (TPSA) is 106 Å². The standard InChI is InChI=1S/C29H41N3O5/c1-3-4-5-6-7-8-12-15-26(28(34)30-20-23-16-18-25(36-2)19-17-23)32-27(33)21-31-29(35)37-22-24-13-10-9-11-14-24/h9-11,13-14,16-19,26H,3-8,12,15,20-22H2,1-2H3,(H,30,34)(H,31,35)(H,32,33)/t26-/m1/s1. The second kappa shape index (κ2) is 17.8. The summed E-state index contributed by atoms with van der Waals surface area (Å²) >= 11 is 0. The van der Waals surface area contributed by atoms with Crippen molar-refractivity contribution in [2.24, 2.45) is 0 Å². The van der Waals surface area contributed by atoms with Crippen LogP contribution >= 0.6 is 0 Å². The second-order valence-electron chi connectivity index (χ2n) is 9.01. The van der Waals surface area contributed by atoms with Gasteiger partial charge >= 0.3 is 6.09 Å². The second-order valence-corrected chi connectivity index (χ2v) is 9.01. The van der Waals surface area contributed by atoms with Crippen molar-refractivity contribution in [1.82, 2.24) is 16.0 Å². The fraction of sp³-hybridized carbons (Fsp3) is 0.483. The number of rotatable bonds is 17. The molecule has 0 unspecified atom stereocenters. The van der Waals surface area contributed by atoms with Crippen molar-refractivity contribution in [3.05, 3.63) is 65.7 Å². The lowest BCUT2D eigenvalue weighted by Gasteiger charge is -2.19. The molecule has 0 aliphatic carbocycles. The van der Waals surface area contributed by atoms with Crippen LogP contribution in [-0.2, 0) is 27.5 Å². The largest absolute Gasteiger partial charge is 0.497 e. The summed E-state index contributed by atoms with van der Waals surface area (Å²) < 4.78 is 10.3. The van der Waals surface area contributed by atoms with Gasteiger partial charge in [-0.05, 0) is 29.7 Å². The Bertz CT molecular complexity index is 934. The molecule has 8 nitrogen and oxygen atoms in total. The number of nitrogens with one attached hydrogen (secondary N) is 3. The minimum Gasteiger partial charge on any atom is -0.497 e. The number of hydrogen-bond donors (Lipinski definition) is 3. The highest BCUT2D eigenvalue weighted by atomic mass is 16.5. The number of amides is 3. The highest BCUT2D eigenvalue weighted by Gasteiger charge is 2.20. The smallest absolute Gasteiger partial charge is 0.407 e. The van der Waals surface area contributed by atoms with Crippen LogP contribution in [-0.4, -0.2) is 37.6 Å². The van der Waals surface area contributed by atoms with Gasteiger partial charge in [-0.3, -0.25) is 9.59 Å². The summed E-state index contributed by atoms with van der Waals surface area (Å²) in [5.41, 5.74) is 1.78. The van der Waals surface area contributed by atoms with E-state index in [4.69, 9.17) is 9.47 Å². The molecule has 2 aromatic rings. The van der Waals surface area contributed by atoms with Gasteiger partial charge in [0.05, 0.1) is 7.11 Å². The minimum absolute atomic E-state index is 0.114. The molecule has 0 aromatic heterocycles. The van der Waals surface area contributed by atoms with E-state index in [1.54, 1.807) is 7.11 Å². The minimum atomic E-state index is -0.688. The molecule has 0 radical (unpaired) electrons. The van der Waals surface area contributed by atoms with Crippen molar-refractivity contribution in [3.8, 4) is 5.75 Å². The Morgan fingerprint density at radius 2 is 1.49 bits per heavy atom. The third-order valence-electron chi connectivity index (χ3n) is 5.98. The molecule has 2 rings (SSSR count). The van der Waals surface area contributed by atoms with E-state index in [9.17, 15) is 14.4 Å². The van der Waals surface area contributed by atoms with Gasteiger partial charge in [-0.25, -0.2) is 4.79 Å². The molecular formula is C29H41N3O5. The van der Waals surface area contributed by atoms with Crippen LogP contribution in [0.25, 0.3) is 0 Å². The van der Waals surface area contributed by atoms with Gasteiger partial charge in [0.1, 0.15) is 24.9 Å². The maximum Gasteiger partial charge on any atom is 0.407 e. The van der Waals surface area contributed by atoms with E-state index < -0.39 is 18.0 Å². The van der Waals surface area contributed by atoms with Crippen molar-refractivity contribution < 1.29 is 23.9 Å². The number of alkyl carbamates (subject to hydrolysis) is 1. The van der Waals surface area contributed by atoms with E-state index in [1.807, 2.05) is 54.6 Å². The van der Waals surface area contributed by atoms with Gasteiger partial charge in [-0.1, -0.05) is 94.3 Å². The van der Waals surface area contributed by atoms with E-state index >= 15 is 0 Å². The van der Waals surface area contributed by atoms with Crippen LogP contribution in [0.4, 0.5) is 4.79 Å². The Labute approximate surface area is 220 Å². The van der Waals surface area contributed by atoms with Crippen LogP contribution in [0.1, 0.15) is 69.4 Å². The van der Waals surface area contributed by atoms with Crippen LogP contribution in [0.2, 0.25) is 0 Å². The monoisotopic (exact) mass is 511 g/mol. The fourth-order valence-electron chi connectivity index (χ4n) is 3.80. The number of methoxy groups -OCH3 is 1. The van der Waals surface area contributed by atoms with Gasteiger partial charge in [-0.15, -0.1) is 0 Å². The summed E-state index contributed by atoms with van der Waals surface area (Å²) in [4.78, 5) is 37.4. The SMILES string of the molecule is CCCCCCCCC[C@@H](NC(=O)CNC(=O)OCc1ccccc1)C(=O)NCc1ccc(OC)cc1. The highest BCUT2D eigenvalue weighted by Crippen LogP contribution is 2.12. The quantitative estimate of drug-likeness (QED) is 0.263. The molecule has 8 heteroatoms. The van der Waals surface area contributed by atoms with Crippen molar-refractivity contribution in [3.63, 3.8) is 0 Å². The molecule has 3 N–H and O–H groups in total. The normalized spacial score (nSPS) is 11.3. The molecule has 0 saturated heterocycles. The number of ether oxygens (including phenoxy) is 2. The van der Waals surface area contributed by atoms with Gasteiger partial charge in [0.25, 0.3) is 0 Å². The number of benzene rings is 2. The predicted octanol–water partition coefficient (Wildman–Crippen LogP) is 4.86. The maximum atomic E-state index is 12.9. The number of carbonyl (C=O) groups excluding carboxylic acids is 3. The van der Waals surface area contributed by atoms with Crippen molar-refractivity contribution in [2.45, 2.75) is 77.5 Å². The molecule has 2 aromatic carbocycles. The van der Waals surface area contributed by atoms with E-state index in [0.717, 1.165) is 36.1 Å². The van der Waals surface area contributed by atoms with E-state index in [0.29, 0.717) is 13.0 Å². The van der Waals surface area contributed by atoms with E-state index in [-0.39, 0.29) is 19.1 Å². The number of hydrogen-bond acceptors (Lipinski definition) is 5. The van der Waals surface area contributed by atoms with Gasteiger partial charge < -0.3 is 25.4 Å². The molecule has 1 atom stereocenters. The van der Waals surface area contributed by atoms with E-state index in [1.165, 1.54) is 25.7 Å². The average molecular weight is 512 g/mol. The molecule has 0 fully saturated rings. The Morgan fingerprint density at radius 3 is 2.16 bits per heavy atom. The zero-order chi connectivity index (χ0) is 26.7. The molecular weight excluding hydrogens is 470 g/mol. The highest BCUT2D eigenvalue weighted by molar-refractivity contribution is 5.89. The summed E-state index contributed by atoms with van der Waals surface area (Å²) in [6.45, 7) is 2.38. The van der Waals surface area contributed by atoms with Crippen LogP contribution in [0.3, 0.4) is 0 Å². The van der Waals surface area contributed by atoms with Crippen LogP contribution in [0.15, 0.2) is 54.6 Å². The first kappa shape index (κ1) is 29.7. The van der Waals surface area contributed by atoms with Gasteiger partial charge in [-0.2, -0.15) is 0 Å². The lowest BCUT2D eigenvalue weighted by molar-refractivity contribution is -0.128. The molecule has 37 heavy (non-hydrogen) atoms. The Balaban J connectivity index is 1.81. The maximum absolute atomic E-state index is 12.9. The molecule has 3 amide bonds. The van der Waals surface area contributed by atoms with Crippen molar-refractivity contribution in [1.29, 1.82) is 0 Å². The van der Waals surface area contributed by atoms with Gasteiger partial charge in [0.2, 0.25) is 11.8 Å². The zero-order valence-electron chi connectivity index (χ0n) is 22.1. The lowest BCUT2D eigenvalue weighted by Crippen LogP contribution is -2.49. The first-order chi connectivity index (χ1) is 18.0. The molecule has 0 aliphatic heterocycles. The van der Waals surface area contributed by atoms with Gasteiger partial charge in [0, 0.05) is 6.54 Å². The Kier molecular flexibility index (Phi) is 14.3. The van der Waals surface area contributed by atoms with Crippen molar-refractivity contribution >= 4 is 17.9 Å². The number of carbonyl (C=O) groups is 3. The summed E-state index contributed by atoms with van der Waals surface area (Å²) in [5, 5.41) is 8.12. The molecule has 0 heterocycles. The summed E-state index contributed by atoms with van der Waals surface area (Å²) in [5.74, 6) is 0.0555. The van der Waals surface area contributed by atoms with Crippen LogP contribution < -0.4 is 20.7 Å². The Morgan fingerprint density at radius 1 is 0.811 bits per heavy atom. The third kappa shape index (κ3) is 12.8. The molecule has 0 saturated carbocycles. The third-order valence-corrected chi connectivity index (χ3v) is 5.98. The summed E-state index contributed by atoms with van der Waals surface area (Å²) in [6.07, 6.45) is 7.66. The van der Waals surface area contributed by atoms with E-state index in [2.05, 4.69) is 22.9 Å². The first-order valence-corrected chi connectivity index (χ1v) is 13.2. The molecule has 0 aliphatic rings. The summed E-state index contributed by atoms with van der Waals surface area (Å²) in [6, 6.07) is 16.0. The Hall–Kier alpha value is -3.55.